The number of benzene rings is 3. The SMILES string of the molecule is CC(C)c1ccccc1N1C(=O)CSC1=NC(=O)NCC(C)(C)Cc1ccc(-c2ncn(-c3ccc(OC(F)(F)F)cc3)n2)cc1. The number of para-hydroxylation sites is 1. The summed E-state index contributed by atoms with van der Waals surface area (Å²) in [6.45, 7) is 8.57. The van der Waals surface area contributed by atoms with E-state index in [4.69, 9.17) is 0 Å². The van der Waals surface area contributed by atoms with E-state index in [-0.39, 0.29) is 28.7 Å². The molecular weight excluding hydrogens is 617 g/mol. The Labute approximate surface area is 268 Å². The molecule has 3 amide bonds. The number of nitrogens with one attached hydrogen (secondary N) is 1. The number of halogens is 3. The van der Waals surface area contributed by atoms with Gasteiger partial charge in [0.2, 0.25) is 5.91 Å². The van der Waals surface area contributed by atoms with Crippen LogP contribution in [0, 0.1) is 5.41 Å². The fourth-order valence-electron chi connectivity index (χ4n) is 5.01. The summed E-state index contributed by atoms with van der Waals surface area (Å²) in [6, 6.07) is 20.2. The fraction of sp³-hybridized carbons (Fsp3) is 0.303. The van der Waals surface area contributed by atoms with Gasteiger partial charge < -0.3 is 10.1 Å². The highest BCUT2D eigenvalue weighted by Crippen LogP contribution is 2.33. The van der Waals surface area contributed by atoms with Gasteiger partial charge in [0.1, 0.15) is 12.1 Å². The first kappa shape index (κ1) is 32.7. The largest absolute Gasteiger partial charge is 0.573 e. The van der Waals surface area contributed by atoms with Crippen molar-refractivity contribution in [2.24, 2.45) is 10.4 Å². The highest BCUT2D eigenvalue weighted by molar-refractivity contribution is 8.15. The molecule has 0 atom stereocenters. The molecule has 0 unspecified atom stereocenters. The Bertz CT molecular complexity index is 1730. The number of ether oxygens (including phenoxy) is 1. The minimum atomic E-state index is -4.76. The van der Waals surface area contributed by atoms with Crippen molar-refractivity contribution in [1.29, 1.82) is 0 Å². The second kappa shape index (κ2) is 13.4. The third-order valence-corrected chi connectivity index (χ3v) is 8.13. The maximum absolute atomic E-state index is 12.9. The van der Waals surface area contributed by atoms with E-state index < -0.39 is 12.4 Å². The lowest BCUT2D eigenvalue weighted by Gasteiger charge is -2.25. The first-order valence-electron chi connectivity index (χ1n) is 14.6. The molecule has 46 heavy (non-hydrogen) atoms. The van der Waals surface area contributed by atoms with Gasteiger partial charge >= 0.3 is 12.4 Å². The second-order valence-corrected chi connectivity index (χ2v) is 12.8. The van der Waals surface area contributed by atoms with Gasteiger partial charge in [-0.05, 0) is 59.2 Å². The number of urea groups is 1. The molecule has 0 bridgehead atoms. The molecule has 1 aromatic heterocycles. The number of nitrogens with zero attached hydrogens (tertiary/aromatic N) is 5. The van der Waals surface area contributed by atoms with Gasteiger partial charge in [-0.15, -0.1) is 18.3 Å². The summed E-state index contributed by atoms with van der Waals surface area (Å²) >= 11 is 1.25. The van der Waals surface area contributed by atoms with Crippen molar-refractivity contribution < 1.29 is 27.5 Å². The van der Waals surface area contributed by atoms with Gasteiger partial charge in [0.25, 0.3) is 0 Å². The van der Waals surface area contributed by atoms with E-state index in [1.807, 2.05) is 62.4 Å². The Hall–Kier alpha value is -4.65. The summed E-state index contributed by atoms with van der Waals surface area (Å²) in [7, 11) is 0. The van der Waals surface area contributed by atoms with Crippen LogP contribution in [0.5, 0.6) is 5.75 Å². The molecule has 9 nitrogen and oxygen atoms in total. The quantitative estimate of drug-likeness (QED) is 0.203. The van der Waals surface area contributed by atoms with Crippen LogP contribution in [0.25, 0.3) is 17.1 Å². The number of carbonyl (C=O) groups excluding carboxylic acids is 2. The standard InChI is InChI=1S/C33H33F3N6O3S/c1-21(2)26-7-5-6-8-27(26)42-28(43)18-46-31(42)39-30(44)37-19-32(3,4)17-22-9-11-23(12-10-22)29-38-20-41(40-29)24-13-15-25(16-14-24)45-33(34,35)36/h5-16,20-21H,17-19H2,1-4H3,(H,37,44). The van der Waals surface area contributed by atoms with Crippen LogP contribution in [0.3, 0.4) is 0 Å². The van der Waals surface area contributed by atoms with Crippen LogP contribution in [0.1, 0.15) is 44.7 Å². The number of carbonyl (C=O) groups is 2. The molecule has 0 saturated carbocycles. The van der Waals surface area contributed by atoms with Crippen LogP contribution in [-0.2, 0) is 11.2 Å². The van der Waals surface area contributed by atoms with Gasteiger partial charge in [-0.25, -0.2) is 14.5 Å². The minimum Gasteiger partial charge on any atom is -0.406 e. The fourth-order valence-corrected chi connectivity index (χ4v) is 5.87. The molecule has 3 aromatic carbocycles. The van der Waals surface area contributed by atoms with Crippen LogP contribution in [0.15, 0.2) is 84.1 Å². The lowest BCUT2D eigenvalue weighted by Crippen LogP contribution is -2.36. The predicted molar refractivity (Wildman–Crippen MR) is 172 cm³/mol. The topological polar surface area (TPSA) is 102 Å². The van der Waals surface area contributed by atoms with Gasteiger partial charge in [-0.2, -0.15) is 4.99 Å². The summed E-state index contributed by atoms with van der Waals surface area (Å²) in [5.41, 5.74) is 3.80. The number of hydrogen-bond donors (Lipinski definition) is 1. The molecule has 13 heteroatoms. The number of alkyl halides is 3. The zero-order valence-electron chi connectivity index (χ0n) is 25.7. The number of thioether (sulfide) groups is 1. The zero-order chi connectivity index (χ0) is 33.1. The Kier molecular flexibility index (Phi) is 9.52. The van der Waals surface area contributed by atoms with E-state index in [2.05, 4.69) is 39.0 Å². The smallest absolute Gasteiger partial charge is 0.406 e. The summed E-state index contributed by atoms with van der Waals surface area (Å²) in [5.74, 6) is 0.459. The van der Waals surface area contributed by atoms with E-state index in [0.29, 0.717) is 29.6 Å². The number of anilines is 1. The maximum atomic E-state index is 12.9. The van der Waals surface area contributed by atoms with E-state index in [9.17, 15) is 22.8 Å². The van der Waals surface area contributed by atoms with Gasteiger partial charge in [0, 0.05) is 12.1 Å². The third-order valence-electron chi connectivity index (χ3n) is 7.20. The molecule has 5 rings (SSSR count). The normalized spacial score (nSPS) is 14.7. The molecule has 0 spiro atoms. The van der Waals surface area contributed by atoms with E-state index >= 15 is 0 Å². The Balaban J connectivity index is 1.18. The molecule has 1 aliphatic rings. The van der Waals surface area contributed by atoms with Crippen LogP contribution >= 0.6 is 11.8 Å². The molecule has 0 radical (unpaired) electrons. The second-order valence-electron chi connectivity index (χ2n) is 11.9. The van der Waals surface area contributed by atoms with E-state index in [0.717, 1.165) is 22.4 Å². The van der Waals surface area contributed by atoms with Gasteiger partial charge in [0.15, 0.2) is 11.0 Å². The van der Waals surface area contributed by atoms with Gasteiger partial charge in [-0.1, -0.05) is 81.9 Å². The predicted octanol–water partition coefficient (Wildman–Crippen LogP) is 7.37. The maximum Gasteiger partial charge on any atom is 0.573 e. The minimum absolute atomic E-state index is 0.107. The van der Waals surface area contributed by atoms with Crippen LogP contribution in [0.4, 0.5) is 23.7 Å². The monoisotopic (exact) mass is 650 g/mol. The van der Waals surface area contributed by atoms with Crippen molar-refractivity contribution in [3.63, 3.8) is 0 Å². The number of amidine groups is 1. The first-order valence-corrected chi connectivity index (χ1v) is 15.5. The molecule has 1 aliphatic heterocycles. The molecule has 4 aromatic rings. The van der Waals surface area contributed by atoms with Gasteiger partial charge in [-0.3, -0.25) is 9.69 Å². The van der Waals surface area contributed by atoms with E-state index in [1.165, 1.54) is 51.9 Å². The molecule has 2 heterocycles. The average Bonchev–Trinajstić information content (AvgIpc) is 3.63. The molecule has 1 N–H and O–H groups in total. The highest BCUT2D eigenvalue weighted by atomic mass is 32.2. The average molecular weight is 651 g/mol. The Morgan fingerprint density at radius 1 is 1.04 bits per heavy atom. The molecule has 0 aliphatic carbocycles. The number of rotatable bonds is 9. The lowest BCUT2D eigenvalue weighted by molar-refractivity contribution is -0.274. The lowest BCUT2D eigenvalue weighted by atomic mass is 9.85. The van der Waals surface area contributed by atoms with Crippen molar-refractivity contribution in [1.82, 2.24) is 20.1 Å². The molecule has 240 valence electrons. The Morgan fingerprint density at radius 3 is 2.41 bits per heavy atom. The van der Waals surface area contributed by atoms with E-state index in [1.54, 1.807) is 0 Å². The van der Waals surface area contributed by atoms with Crippen molar-refractivity contribution in [2.75, 3.05) is 17.2 Å². The molecule has 1 saturated heterocycles. The van der Waals surface area contributed by atoms with Crippen LogP contribution < -0.4 is 15.0 Å². The third kappa shape index (κ3) is 8.13. The summed E-state index contributed by atoms with van der Waals surface area (Å²) in [4.78, 5) is 35.7. The number of aromatic nitrogens is 3. The van der Waals surface area contributed by atoms with Crippen molar-refractivity contribution in [2.45, 2.75) is 46.4 Å². The highest BCUT2D eigenvalue weighted by Gasteiger charge is 2.33. The van der Waals surface area contributed by atoms with Crippen molar-refractivity contribution in [3.05, 3.63) is 90.3 Å². The summed E-state index contributed by atoms with van der Waals surface area (Å²) < 4.78 is 42.7. The van der Waals surface area contributed by atoms with Crippen molar-refractivity contribution in [3.8, 4) is 22.8 Å². The van der Waals surface area contributed by atoms with Crippen LogP contribution in [0.2, 0.25) is 0 Å². The number of amides is 3. The zero-order valence-corrected chi connectivity index (χ0v) is 26.5. The Morgan fingerprint density at radius 2 is 1.74 bits per heavy atom. The molecule has 1 fully saturated rings. The molecular formula is C33H33F3N6O3S. The summed E-state index contributed by atoms with van der Waals surface area (Å²) in [5, 5.41) is 7.72. The number of aliphatic imine (C=N–C) groups is 1. The van der Waals surface area contributed by atoms with Crippen molar-refractivity contribution >= 4 is 34.6 Å². The first-order chi connectivity index (χ1) is 21.8. The summed E-state index contributed by atoms with van der Waals surface area (Å²) in [6.07, 6.45) is -2.60. The van der Waals surface area contributed by atoms with Crippen LogP contribution in [-0.4, -0.2) is 50.5 Å². The number of hydrogen-bond acceptors (Lipinski definition) is 6. The van der Waals surface area contributed by atoms with Gasteiger partial charge in [0.05, 0.1) is 17.1 Å².